The van der Waals surface area contributed by atoms with Gasteiger partial charge in [-0.1, -0.05) is 20.8 Å². The number of alkyl halides is 1. The van der Waals surface area contributed by atoms with Gasteiger partial charge in [-0.15, -0.1) is 11.6 Å². The first-order valence-electron chi connectivity index (χ1n) is 5.41. The number of nitrogens with zero attached hydrogens (tertiary/aromatic N) is 1. The molecule has 1 nitrogen and oxygen atoms in total. The van der Waals surface area contributed by atoms with Crippen molar-refractivity contribution in [3.63, 3.8) is 0 Å². The molecule has 0 aromatic carbocycles. The molecule has 0 amide bonds. The summed E-state index contributed by atoms with van der Waals surface area (Å²) in [5, 5.41) is 0. The van der Waals surface area contributed by atoms with Gasteiger partial charge in [0.2, 0.25) is 0 Å². The van der Waals surface area contributed by atoms with Crippen molar-refractivity contribution >= 4 is 11.6 Å². The Hall–Kier alpha value is 0.250. The van der Waals surface area contributed by atoms with E-state index < -0.39 is 0 Å². The maximum absolute atomic E-state index is 5.80. The fourth-order valence-corrected chi connectivity index (χ4v) is 2.16. The van der Waals surface area contributed by atoms with Crippen molar-refractivity contribution in [3.8, 4) is 0 Å². The van der Waals surface area contributed by atoms with Gasteiger partial charge in [0.25, 0.3) is 0 Å². The molecular weight excluding hydrogens is 182 g/mol. The van der Waals surface area contributed by atoms with Crippen LogP contribution in [0.2, 0.25) is 0 Å². The van der Waals surface area contributed by atoms with Crippen LogP contribution in [-0.2, 0) is 0 Å². The normalized spacial score (nSPS) is 27.0. The van der Waals surface area contributed by atoms with Crippen molar-refractivity contribution in [2.75, 3.05) is 25.5 Å². The third-order valence-corrected chi connectivity index (χ3v) is 3.61. The van der Waals surface area contributed by atoms with E-state index in [1.165, 1.54) is 26.1 Å². The van der Waals surface area contributed by atoms with Crippen LogP contribution in [0.5, 0.6) is 0 Å². The van der Waals surface area contributed by atoms with Crippen molar-refractivity contribution in [1.82, 2.24) is 4.90 Å². The van der Waals surface area contributed by atoms with Gasteiger partial charge in [-0.2, -0.15) is 0 Å². The molecule has 2 heteroatoms. The van der Waals surface area contributed by atoms with Crippen LogP contribution in [-0.4, -0.2) is 30.4 Å². The molecule has 0 aromatic heterocycles. The summed E-state index contributed by atoms with van der Waals surface area (Å²) in [7, 11) is 0. The minimum Gasteiger partial charge on any atom is -0.303 e. The second kappa shape index (κ2) is 5.21. The standard InChI is InChI=1S/C11H22ClN/c1-9(2)11-4-5-13(8-11)7-10(3)6-12/h9-11H,4-8H2,1-3H3. The maximum Gasteiger partial charge on any atom is 0.0261 e. The van der Waals surface area contributed by atoms with Crippen LogP contribution in [0.3, 0.4) is 0 Å². The lowest BCUT2D eigenvalue weighted by Crippen LogP contribution is -2.27. The van der Waals surface area contributed by atoms with Gasteiger partial charge in [0, 0.05) is 19.0 Å². The largest absolute Gasteiger partial charge is 0.303 e. The van der Waals surface area contributed by atoms with E-state index in [2.05, 4.69) is 25.7 Å². The average Bonchev–Trinajstić information content (AvgIpc) is 2.52. The van der Waals surface area contributed by atoms with Crippen molar-refractivity contribution < 1.29 is 0 Å². The zero-order valence-corrected chi connectivity index (χ0v) is 9.85. The monoisotopic (exact) mass is 203 g/mol. The highest BCUT2D eigenvalue weighted by atomic mass is 35.5. The van der Waals surface area contributed by atoms with Crippen molar-refractivity contribution in [2.24, 2.45) is 17.8 Å². The third-order valence-electron chi connectivity index (χ3n) is 3.08. The summed E-state index contributed by atoms with van der Waals surface area (Å²) in [5.41, 5.74) is 0. The van der Waals surface area contributed by atoms with E-state index in [0.717, 1.165) is 17.7 Å². The highest BCUT2D eigenvalue weighted by Gasteiger charge is 2.25. The summed E-state index contributed by atoms with van der Waals surface area (Å²) >= 11 is 5.80. The molecule has 1 saturated heterocycles. The predicted octanol–water partition coefficient (Wildman–Crippen LogP) is 2.84. The van der Waals surface area contributed by atoms with Gasteiger partial charge in [-0.3, -0.25) is 0 Å². The topological polar surface area (TPSA) is 3.24 Å². The Morgan fingerprint density at radius 3 is 2.54 bits per heavy atom. The molecule has 1 heterocycles. The SMILES string of the molecule is CC(CCl)CN1CCC(C(C)C)C1. The highest BCUT2D eigenvalue weighted by molar-refractivity contribution is 6.18. The number of rotatable bonds is 4. The lowest BCUT2D eigenvalue weighted by molar-refractivity contribution is 0.275. The van der Waals surface area contributed by atoms with Gasteiger partial charge in [0.05, 0.1) is 0 Å². The number of likely N-dealkylation sites (tertiary alicyclic amines) is 1. The Kier molecular flexibility index (Phi) is 4.54. The molecule has 0 spiro atoms. The van der Waals surface area contributed by atoms with Gasteiger partial charge >= 0.3 is 0 Å². The first kappa shape index (κ1) is 11.3. The van der Waals surface area contributed by atoms with Gasteiger partial charge in [-0.25, -0.2) is 0 Å². The summed E-state index contributed by atoms with van der Waals surface area (Å²) in [5.74, 6) is 3.20. The molecule has 2 unspecified atom stereocenters. The van der Waals surface area contributed by atoms with Crippen molar-refractivity contribution in [2.45, 2.75) is 27.2 Å². The Morgan fingerprint density at radius 2 is 2.08 bits per heavy atom. The van der Waals surface area contributed by atoms with Gasteiger partial charge < -0.3 is 4.90 Å². The molecule has 0 bridgehead atoms. The predicted molar refractivity (Wildman–Crippen MR) is 59.3 cm³/mol. The second-order valence-corrected chi connectivity index (χ2v) is 5.12. The highest BCUT2D eigenvalue weighted by Crippen LogP contribution is 2.24. The molecule has 2 atom stereocenters. The molecule has 0 aliphatic carbocycles. The van der Waals surface area contributed by atoms with Crippen molar-refractivity contribution in [1.29, 1.82) is 0 Å². The van der Waals surface area contributed by atoms with Crippen LogP contribution in [0.4, 0.5) is 0 Å². The summed E-state index contributed by atoms with van der Waals surface area (Å²) < 4.78 is 0. The summed E-state index contributed by atoms with van der Waals surface area (Å²) in [4.78, 5) is 2.57. The van der Waals surface area contributed by atoms with E-state index in [4.69, 9.17) is 11.6 Å². The molecule has 1 rings (SSSR count). The first-order valence-corrected chi connectivity index (χ1v) is 5.95. The van der Waals surface area contributed by atoms with Crippen LogP contribution in [0.25, 0.3) is 0 Å². The van der Waals surface area contributed by atoms with Crippen molar-refractivity contribution in [3.05, 3.63) is 0 Å². The molecular formula is C11H22ClN. The molecule has 1 fully saturated rings. The Balaban J connectivity index is 2.25. The zero-order valence-electron chi connectivity index (χ0n) is 9.09. The zero-order chi connectivity index (χ0) is 9.84. The number of hydrogen-bond acceptors (Lipinski definition) is 1. The second-order valence-electron chi connectivity index (χ2n) is 4.81. The quantitative estimate of drug-likeness (QED) is 0.636. The number of halogens is 1. The molecule has 0 saturated carbocycles. The van der Waals surface area contributed by atoms with Crippen LogP contribution >= 0.6 is 11.6 Å². The van der Waals surface area contributed by atoms with E-state index in [-0.39, 0.29) is 0 Å². The molecule has 1 aliphatic heterocycles. The molecule has 1 aliphatic rings. The molecule has 13 heavy (non-hydrogen) atoms. The first-order chi connectivity index (χ1) is 6.13. The molecule has 0 aromatic rings. The van der Waals surface area contributed by atoms with E-state index in [0.29, 0.717) is 5.92 Å². The van der Waals surface area contributed by atoms with E-state index in [1.807, 2.05) is 0 Å². The van der Waals surface area contributed by atoms with Gasteiger partial charge in [0.1, 0.15) is 0 Å². The number of hydrogen-bond donors (Lipinski definition) is 0. The average molecular weight is 204 g/mol. The fourth-order valence-electron chi connectivity index (χ4n) is 2.06. The van der Waals surface area contributed by atoms with E-state index >= 15 is 0 Å². The van der Waals surface area contributed by atoms with Crippen LogP contribution in [0, 0.1) is 17.8 Å². The van der Waals surface area contributed by atoms with E-state index in [1.54, 1.807) is 0 Å². The fraction of sp³-hybridized carbons (Fsp3) is 1.00. The Bertz CT molecular complexity index is 147. The van der Waals surface area contributed by atoms with Gasteiger partial charge in [0.15, 0.2) is 0 Å². The minimum atomic E-state index is 0.646. The van der Waals surface area contributed by atoms with Crippen LogP contribution in [0.1, 0.15) is 27.2 Å². The lowest BCUT2D eigenvalue weighted by atomic mass is 9.95. The van der Waals surface area contributed by atoms with E-state index in [9.17, 15) is 0 Å². The summed E-state index contributed by atoms with van der Waals surface area (Å²) in [6.45, 7) is 10.7. The smallest absolute Gasteiger partial charge is 0.0261 e. The molecule has 0 N–H and O–H groups in total. The summed E-state index contributed by atoms with van der Waals surface area (Å²) in [6.07, 6.45) is 1.38. The maximum atomic E-state index is 5.80. The Labute approximate surface area is 87.4 Å². The minimum absolute atomic E-state index is 0.646. The summed E-state index contributed by atoms with van der Waals surface area (Å²) in [6, 6.07) is 0. The van der Waals surface area contributed by atoms with Crippen LogP contribution < -0.4 is 0 Å². The van der Waals surface area contributed by atoms with Crippen LogP contribution in [0.15, 0.2) is 0 Å². The molecule has 78 valence electrons. The lowest BCUT2D eigenvalue weighted by Gasteiger charge is -2.20. The third kappa shape index (κ3) is 3.47. The van der Waals surface area contributed by atoms with Gasteiger partial charge in [-0.05, 0) is 30.7 Å². The Morgan fingerprint density at radius 1 is 1.38 bits per heavy atom. The molecule has 0 radical (unpaired) electrons.